The van der Waals surface area contributed by atoms with Crippen molar-refractivity contribution in [2.45, 2.75) is 13.0 Å². The number of nitrogens with zero attached hydrogens (tertiary/aromatic N) is 1. The first kappa shape index (κ1) is 22.9. The van der Waals surface area contributed by atoms with Crippen LogP contribution in [-0.2, 0) is 9.59 Å². The van der Waals surface area contributed by atoms with Crippen LogP contribution in [0.3, 0.4) is 0 Å². The summed E-state index contributed by atoms with van der Waals surface area (Å²) >= 11 is 0. The third-order valence-electron chi connectivity index (χ3n) is 5.85. The molecule has 1 unspecified atom stereocenters. The highest BCUT2D eigenvalue weighted by molar-refractivity contribution is 6.51. The summed E-state index contributed by atoms with van der Waals surface area (Å²) in [5, 5.41) is 11.5. The molecule has 3 aromatic carbocycles. The lowest BCUT2D eigenvalue weighted by Crippen LogP contribution is -2.29. The zero-order valence-corrected chi connectivity index (χ0v) is 19.4. The Hall–Kier alpha value is -4.26. The first-order chi connectivity index (χ1) is 16.4. The topological polar surface area (TPSA) is 85.3 Å². The number of methoxy groups -OCH3 is 3. The minimum Gasteiger partial charge on any atom is -0.506 e. The zero-order chi connectivity index (χ0) is 24.4. The molecule has 4 rings (SSSR count). The molecule has 7 nitrogen and oxygen atoms in total. The number of aliphatic hydroxyl groups is 1. The molecule has 0 spiro atoms. The van der Waals surface area contributed by atoms with Crippen molar-refractivity contribution < 1.29 is 28.9 Å². The molecule has 34 heavy (non-hydrogen) atoms. The Balaban J connectivity index is 2.04. The molecule has 174 valence electrons. The fourth-order valence-electron chi connectivity index (χ4n) is 4.21. The molecule has 0 aliphatic carbocycles. The Morgan fingerprint density at radius 3 is 1.94 bits per heavy atom. The van der Waals surface area contributed by atoms with Gasteiger partial charge in [-0.1, -0.05) is 42.0 Å². The second-order valence-corrected chi connectivity index (χ2v) is 7.78. The largest absolute Gasteiger partial charge is 0.506 e. The Bertz CT molecular complexity index is 1260. The number of benzene rings is 3. The number of carbonyl (C=O) groups is 2. The van der Waals surface area contributed by atoms with Gasteiger partial charge in [-0.3, -0.25) is 14.5 Å². The molecule has 0 aromatic heterocycles. The molecule has 1 amide bonds. The Morgan fingerprint density at radius 2 is 1.35 bits per heavy atom. The lowest BCUT2D eigenvalue weighted by molar-refractivity contribution is -0.132. The van der Waals surface area contributed by atoms with Gasteiger partial charge in [-0.25, -0.2) is 0 Å². The van der Waals surface area contributed by atoms with Crippen LogP contribution in [0.15, 0.2) is 72.3 Å². The number of hydrogen-bond acceptors (Lipinski definition) is 6. The number of ketones is 1. The van der Waals surface area contributed by atoms with E-state index in [0.717, 1.165) is 5.56 Å². The van der Waals surface area contributed by atoms with E-state index in [-0.39, 0.29) is 11.1 Å². The summed E-state index contributed by atoms with van der Waals surface area (Å²) in [7, 11) is 4.42. The van der Waals surface area contributed by atoms with E-state index >= 15 is 0 Å². The van der Waals surface area contributed by atoms with Gasteiger partial charge < -0.3 is 19.3 Å². The summed E-state index contributed by atoms with van der Waals surface area (Å²) in [6, 6.07) is 18.4. The molecule has 1 aliphatic rings. The number of rotatable bonds is 6. The number of anilines is 1. The minimum absolute atomic E-state index is 0.0853. The molecule has 1 aliphatic heterocycles. The van der Waals surface area contributed by atoms with Crippen LogP contribution in [0.2, 0.25) is 0 Å². The normalized spacial score (nSPS) is 17.1. The van der Waals surface area contributed by atoms with E-state index in [0.29, 0.717) is 28.5 Å². The fourth-order valence-corrected chi connectivity index (χ4v) is 4.21. The van der Waals surface area contributed by atoms with Gasteiger partial charge in [0, 0.05) is 11.3 Å². The van der Waals surface area contributed by atoms with E-state index < -0.39 is 23.5 Å². The molecule has 1 atom stereocenters. The van der Waals surface area contributed by atoms with Crippen LogP contribution >= 0.6 is 0 Å². The number of aliphatic hydroxyl groups excluding tert-OH is 1. The lowest BCUT2D eigenvalue weighted by atomic mass is 9.93. The molecular weight excluding hydrogens is 434 g/mol. The van der Waals surface area contributed by atoms with Crippen molar-refractivity contribution in [2.75, 3.05) is 26.2 Å². The molecule has 1 saturated heterocycles. The van der Waals surface area contributed by atoms with E-state index in [1.54, 1.807) is 54.6 Å². The van der Waals surface area contributed by atoms with Crippen LogP contribution < -0.4 is 19.1 Å². The molecule has 0 bridgehead atoms. The summed E-state index contributed by atoms with van der Waals surface area (Å²) in [4.78, 5) is 28.2. The van der Waals surface area contributed by atoms with Gasteiger partial charge in [-0.05, 0) is 37.3 Å². The molecule has 3 aromatic rings. The van der Waals surface area contributed by atoms with Gasteiger partial charge >= 0.3 is 0 Å². The Kier molecular flexibility index (Phi) is 6.27. The summed E-state index contributed by atoms with van der Waals surface area (Å²) in [6.07, 6.45) is 0. The standard InChI is InChI=1S/C27H25NO6/c1-16-12-14-17(15-13-16)28-24(18-8-5-6-9-19(18)32-2)23(26(30)27(28)31)25(29)22-20(33-3)10-7-11-21(22)34-4/h5-15,24,29H,1-4H3/b25-23+. The Morgan fingerprint density at radius 1 is 0.794 bits per heavy atom. The highest BCUT2D eigenvalue weighted by Crippen LogP contribution is 2.47. The number of Topliss-reactive ketones (excluding diaryl/α,β-unsaturated/α-hetero) is 1. The van der Waals surface area contributed by atoms with Crippen LogP contribution in [0.1, 0.15) is 22.7 Å². The van der Waals surface area contributed by atoms with Gasteiger partial charge in [0.1, 0.15) is 28.6 Å². The zero-order valence-electron chi connectivity index (χ0n) is 19.4. The summed E-state index contributed by atoms with van der Waals surface area (Å²) in [5.41, 5.74) is 2.19. The third kappa shape index (κ3) is 3.75. The highest BCUT2D eigenvalue weighted by Gasteiger charge is 2.48. The second kappa shape index (κ2) is 9.31. The summed E-state index contributed by atoms with van der Waals surface area (Å²) in [5.74, 6) is -0.881. The van der Waals surface area contributed by atoms with E-state index in [9.17, 15) is 14.7 Å². The van der Waals surface area contributed by atoms with Crippen molar-refractivity contribution in [3.05, 3.63) is 89.0 Å². The van der Waals surface area contributed by atoms with Gasteiger partial charge in [-0.2, -0.15) is 0 Å². The van der Waals surface area contributed by atoms with E-state index in [1.807, 2.05) is 19.1 Å². The lowest BCUT2D eigenvalue weighted by Gasteiger charge is -2.27. The van der Waals surface area contributed by atoms with Crippen molar-refractivity contribution >= 4 is 23.1 Å². The molecule has 0 radical (unpaired) electrons. The van der Waals surface area contributed by atoms with Gasteiger partial charge in [-0.15, -0.1) is 0 Å². The van der Waals surface area contributed by atoms with Crippen molar-refractivity contribution in [2.24, 2.45) is 0 Å². The number of para-hydroxylation sites is 1. The van der Waals surface area contributed by atoms with Crippen molar-refractivity contribution in [1.29, 1.82) is 0 Å². The quantitative estimate of drug-likeness (QED) is 0.328. The molecule has 1 fully saturated rings. The van der Waals surface area contributed by atoms with Gasteiger partial charge in [0.2, 0.25) is 0 Å². The van der Waals surface area contributed by atoms with E-state index in [1.165, 1.54) is 26.2 Å². The first-order valence-electron chi connectivity index (χ1n) is 10.6. The molecule has 0 saturated carbocycles. The summed E-state index contributed by atoms with van der Waals surface area (Å²) in [6.45, 7) is 1.93. The Labute approximate surface area is 197 Å². The third-order valence-corrected chi connectivity index (χ3v) is 5.85. The van der Waals surface area contributed by atoms with Crippen LogP contribution in [-0.4, -0.2) is 38.1 Å². The minimum atomic E-state index is -0.937. The van der Waals surface area contributed by atoms with Gasteiger partial charge in [0.15, 0.2) is 0 Å². The van der Waals surface area contributed by atoms with Crippen LogP contribution in [0.25, 0.3) is 5.76 Å². The number of ether oxygens (including phenoxy) is 3. The number of carbonyl (C=O) groups excluding carboxylic acids is 2. The molecule has 1 N–H and O–H groups in total. The van der Waals surface area contributed by atoms with Crippen molar-refractivity contribution in [3.63, 3.8) is 0 Å². The van der Waals surface area contributed by atoms with Crippen molar-refractivity contribution in [1.82, 2.24) is 0 Å². The SMILES string of the molecule is COc1ccccc1C1/C(=C(\O)c2c(OC)cccc2OC)C(=O)C(=O)N1c1ccc(C)cc1. The van der Waals surface area contributed by atoms with Gasteiger partial charge in [0.25, 0.3) is 11.7 Å². The maximum atomic E-state index is 13.4. The number of aryl methyl sites for hydroxylation is 1. The maximum Gasteiger partial charge on any atom is 0.300 e. The smallest absolute Gasteiger partial charge is 0.300 e. The second-order valence-electron chi connectivity index (χ2n) is 7.78. The van der Waals surface area contributed by atoms with E-state index in [2.05, 4.69) is 0 Å². The van der Waals surface area contributed by atoms with Crippen LogP contribution in [0.4, 0.5) is 5.69 Å². The highest BCUT2D eigenvalue weighted by atomic mass is 16.5. The maximum absolute atomic E-state index is 13.4. The van der Waals surface area contributed by atoms with Gasteiger partial charge in [0.05, 0.1) is 32.9 Å². The fraction of sp³-hybridized carbons (Fsp3) is 0.185. The number of amides is 1. The van der Waals surface area contributed by atoms with Crippen molar-refractivity contribution in [3.8, 4) is 17.2 Å². The van der Waals surface area contributed by atoms with Crippen LogP contribution in [0, 0.1) is 6.92 Å². The number of hydrogen-bond donors (Lipinski definition) is 1. The average Bonchev–Trinajstić information content (AvgIpc) is 3.13. The van der Waals surface area contributed by atoms with E-state index in [4.69, 9.17) is 14.2 Å². The predicted molar refractivity (Wildman–Crippen MR) is 129 cm³/mol. The summed E-state index contributed by atoms with van der Waals surface area (Å²) < 4.78 is 16.4. The first-order valence-corrected chi connectivity index (χ1v) is 10.6. The van der Waals surface area contributed by atoms with Crippen LogP contribution in [0.5, 0.6) is 17.2 Å². The molecule has 1 heterocycles. The molecule has 7 heteroatoms. The monoisotopic (exact) mass is 459 g/mol. The average molecular weight is 459 g/mol. The molecular formula is C27H25NO6. The predicted octanol–water partition coefficient (Wildman–Crippen LogP) is 4.65.